The number of hydrogen-bond donors (Lipinski definition) is 1. The molecule has 0 atom stereocenters. The van der Waals surface area contributed by atoms with Gasteiger partial charge in [0, 0.05) is 29.9 Å². The molecule has 0 fully saturated rings. The lowest BCUT2D eigenvalue weighted by molar-refractivity contribution is 0.0958. The van der Waals surface area contributed by atoms with Crippen molar-refractivity contribution in [3.05, 3.63) is 52.1 Å². The number of fused-ring (bicyclic) bond motifs is 1. The van der Waals surface area contributed by atoms with Crippen molar-refractivity contribution in [1.29, 1.82) is 0 Å². The van der Waals surface area contributed by atoms with Crippen LogP contribution in [0.5, 0.6) is 0 Å². The molecule has 1 N–H and O–H groups in total. The van der Waals surface area contributed by atoms with E-state index in [1.807, 2.05) is 37.5 Å². The third-order valence-corrected chi connectivity index (χ3v) is 4.87. The van der Waals surface area contributed by atoms with Crippen LogP contribution in [-0.4, -0.2) is 22.2 Å². The summed E-state index contributed by atoms with van der Waals surface area (Å²) >= 11 is 7.71. The van der Waals surface area contributed by atoms with Gasteiger partial charge in [0.25, 0.3) is 5.91 Å². The van der Waals surface area contributed by atoms with Gasteiger partial charge in [0.1, 0.15) is 4.88 Å². The van der Waals surface area contributed by atoms with Gasteiger partial charge in [-0.3, -0.25) is 9.48 Å². The van der Waals surface area contributed by atoms with Crippen LogP contribution in [-0.2, 0) is 13.5 Å². The number of benzene rings is 1. The van der Waals surface area contributed by atoms with Gasteiger partial charge in [-0.1, -0.05) is 29.8 Å². The lowest BCUT2D eigenvalue weighted by Crippen LogP contribution is -2.25. The van der Waals surface area contributed by atoms with Gasteiger partial charge < -0.3 is 5.32 Å². The molecule has 6 heteroatoms. The standard InChI is InChI=1S/C15H14ClN3OS/c1-19-9-10(8-18-19)6-7-17-15(20)14-13(16)11-4-2-3-5-12(11)21-14/h2-5,8-9H,6-7H2,1H3,(H,17,20). The second-order valence-electron chi connectivity index (χ2n) is 4.77. The van der Waals surface area contributed by atoms with Crippen LogP contribution in [0.2, 0.25) is 5.02 Å². The fourth-order valence-corrected chi connectivity index (χ4v) is 3.60. The Hall–Kier alpha value is -1.85. The summed E-state index contributed by atoms with van der Waals surface area (Å²) in [6.45, 7) is 0.565. The first kappa shape index (κ1) is 14.1. The molecule has 3 aromatic rings. The number of hydrogen-bond acceptors (Lipinski definition) is 3. The molecule has 0 aliphatic heterocycles. The van der Waals surface area contributed by atoms with Gasteiger partial charge >= 0.3 is 0 Å². The predicted molar refractivity (Wildman–Crippen MR) is 86.1 cm³/mol. The van der Waals surface area contributed by atoms with E-state index in [0.717, 1.165) is 22.1 Å². The second kappa shape index (κ2) is 5.87. The van der Waals surface area contributed by atoms with Crippen molar-refractivity contribution in [1.82, 2.24) is 15.1 Å². The van der Waals surface area contributed by atoms with Crippen LogP contribution >= 0.6 is 22.9 Å². The normalized spacial score (nSPS) is 11.0. The SMILES string of the molecule is Cn1cc(CCNC(=O)c2sc3ccccc3c2Cl)cn1. The van der Waals surface area contributed by atoms with Crippen LogP contribution < -0.4 is 5.32 Å². The Bertz CT molecular complexity index is 793. The summed E-state index contributed by atoms with van der Waals surface area (Å²) < 4.78 is 2.78. The number of thiophene rings is 1. The highest BCUT2D eigenvalue weighted by Gasteiger charge is 2.16. The van der Waals surface area contributed by atoms with E-state index in [4.69, 9.17) is 11.6 Å². The summed E-state index contributed by atoms with van der Waals surface area (Å²) in [6, 6.07) is 7.77. The molecule has 4 nitrogen and oxygen atoms in total. The fourth-order valence-electron chi connectivity index (χ4n) is 2.16. The van der Waals surface area contributed by atoms with E-state index in [1.165, 1.54) is 11.3 Å². The van der Waals surface area contributed by atoms with Crippen LogP contribution in [0.3, 0.4) is 0 Å². The number of carbonyl (C=O) groups is 1. The average molecular weight is 320 g/mol. The number of rotatable bonds is 4. The zero-order valence-electron chi connectivity index (χ0n) is 11.5. The highest BCUT2D eigenvalue weighted by Crippen LogP contribution is 2.34. The topological polar surface area (TPSA) is 46.9 Å². The Morgan fingerprint density at radius 3 is 2.95 bits per heavy atom. The van der Waals surface area contributed by atoms with Gasteiger partial charge in [-0.15, -0.1) is 11.3 Å². The lowest BCUT2D eigenvalue weighted by Gasteiger charge is -2.02. The smallest absolute Gasteiger partial charge is 0.262 e. The number of aryl methyl sites for hydroxylation is 1. The maximum atomic E-state index is 12.2. The van der Waals surface area contributed by atoms with E-state index in [1.54, 1.807) is 10.9 Å². The van der Waals surface area contributed by atoms with Gasteiger partial charge in [-0.2, -0.15) is 5.10 Å². The Kier molecular flexibility index (Phi) is 3.94. The molecule has 0 saturated heterocycles. The van der Waals surface area contributed by atoms with E-state index in [0.29, 0.717) is 16.4 Å². The molecule has 108 valence electrons. The number of amides is 1. The first-order chi connectivity index (χ1) is 10.1. The van der Waals surface area contributed by atoms with Gasteiger partial charge in [-0.25, -0.2) is 0 Å². The van der Waals surface area contributed by atoms with Crippen molar-refractivity contribution in [2.45, 2.75) is 6.42 Å². The Morgan fingerprint density at radius 1 is 1.43 bits per heavy atom. The first-order valence-electron chi connectivity index (χ1n) is 6.58. The molecule has 1 amide bonds. The maximum absolute atomic E-state index is 12.2. The van der Waals surface area contributed by atoms with E-state index in [9.17, 15) is 4.79 Å². The maximum Gasteiger partial charge on any atom is 0.262 e. The van der Waals surface area contributed by atoms with Crippen molar-refractivity contribution < 1.29 is 4.79 Å². The van der Waals surface area contributed by atoms with Crippen molar-refractivity contribution in [3.63, 3.8) is 0 Å². The minimum absolute atomic E-state index is 0.120. The van der Waals surface area contributed by atoms with Crippen LogP contribution in [0, 0.1) is 0 Å². The van der Waals surface area contributed by atoms with Crippen LogP contribution in [0.15, 0.2) is 36.7 Å². The third-order valence-electron chi connectivity index (χ3n) is 3.20. The molecule has 0 spiro atoms. The van der Waals surface area contributed by atoms with Crippen molar-refractivity contribution >= 4 is 38.9 Å². The van der Waals surface area contributed by atoms with Crippen LogP contribution in [0.1, 0.15) is 15.2 Å². The molecule has 0 unspecified atom stereocenters. The van der Waals surface area contributed by atoms with E-state index < -0.39 is 0 Å². The third kappa shape index (κ3) is 2.94. The minimum Gasteiger partial charge on any atom is -0.351 e. The minimum atomic E-state index is -0.120. The first-order valence-corrected chi connectivity index (χ1v) is 7.77. The highest BCUT2D eigenvalue weighted by molar-refractivity contribution is 7.21. The summed E-state index contributed by atoms with van der Waals surface area (Å²) in [7, 11) is 1.87. The monoisotopic (exact) mass is 319 g/mol. The number of carbonyl (C=O) groups excluding carboxylic acids is 1. The number of nitrogens with zero attached hydrogens (tertiary/aromatic N) is 2. The lowest BCUT2D eigenvalue weighted by atomic mass is 10.2. The molecule has 3 rings (SSSR count). The number of nitrogens with one attached hydrogen (secondary N) is 1. The zero-order chi connectivity index (χ0) is 14.8. The molecule has 2 heterocycles. The van der Waals surface area contributed by atoms with Gasteiger partial charge in [0.15, 0.2) is 0 Å². The molecular formula is C15H14ClN3OS. The molecule has 0 aliphatic rings. The largest absolute Gasteiger partial charge is 0.351 e. The zero-order valence-corrected chi connectivity index (χ0v) is 13.0. The molecular weight excluding hydrogens is 306 g/mol. The predicted octanol–water partition coefficient (Wildman–Crippen LogP) is 3.26. The molecule has 0 aliphatic carbocycles. The average Bonchev–Trinajstić information content (AvgIpc) is 3.03. The summed E-state index contributed by atoms with van der Waals surface area (Å²) in [5.41, 5.74) is 1.10. The molecule has 2 aromatic heterocycles. The fraction of sp³-hybridized carbons (Fsp3) is 0.200. The molecule has 21 heavy (non-hydrogen) atoms. The van der Waals surface area contributed by atoms with Gasteiger partial charge in [0.05, 0.1) is 11.2 Å². The summed E-state index contributed by atoms with van der Waals surface area (Å²) in [5.74, 6) is -0.120. The highest BCUT2D eigenvalue weighted by atomic mass is 35.5. The number of halogens is 1. The Balaban J connectivity index is 1.68. The van der Waals surface area contributed by atoms with Crippen molar-refractivity contribution in [2.75, 3.05) is 6.54 Å². The van der Waals surface area contributed by atoms with Crippen molar-refractivity contribution in [2.24, 2.45) is 7.05 Å². The summed E-state index contributed by atoms with van der Waals surface area (Å²) in [6.07, 6.45) is 4.50. The Morgan fingerprint density at radius 2 is 2.24 bits per heavy atom. The van der Waals surface area contributed by atoms with Crippen LogP contribution in [0.25, 0.3) is 10.1 Å². The quantitative estimate of drug-likeness (QED) is 0.802. The summed E-state index contributed by atoms with van der Waals surface area (Å²) in [4.78, 5) is 12.8. The number of aromatic nitrogens is 2. The molecule has 0 bridgehead atoms. The molecule has 0 saturated carbocycles. The van der Waals surface area contributed by atoms with Crippen LogP contribution in [0.4, 0.5) is 0 Å². The van der Waals surface area contributed by atoms with Gasteiger partial charge in [-0.05, 0) is 18.1 Å². The molecule has 1 aromatic carbocycles. The van der Waals surface area contributed by atoms with Crippen molar-refractivity contribution in [3.8, 4) is 0 Å². The van der Waals surface area contributed by atoms with E-state index >= 15 is 0 Å². The Labute approximate surface area is 131 Å². The summed E-state index contributed by atoms with van der Waals surface area (Å²) in [5, 5.41) is 8.48. The van der Waals surface area contributed by atoms with E-state index in [-0.39, 0.29) is 5.91 Å². The van der Waals surface area contributed by atoms with E-state index in [2.05, 4.69) is 10.4 Å². The van der Waals surface area contributed by atoms with Gasteiger partial charge in [0.2, 0.25) is 0 Å². The second-order valence-corrected chi connectivity index (χ2v) is 6.20. The molecule has 0 radical (unpaired) electrons.